The number of ether oxygens (including phenoxy) is 1. The Balaban J connectivity index is 2.97. The first kappa shape index (κ1) is 10.8. The average Bonchev–Trinajstić information content (AvgIpc) is 2.11. The summed E-state index contributed by atoms with van der Waals surface area (Å²) in [5, 5.41) is 8.95. The molecule has 0 unspecified atom stereocenters. The first-order chi connectivity index (χ1) is 6.41. The van der Waals surface area contributed by atoms with E-state index >= 15 is 0 Å². The largest absolute Gasteiger partial charge is 0.478 e. The Morgan fingerprint density at radius 3 is 2.71 bits per heavy atom. The smallest absolute Gasteiger partial charge is 0.348 e. The molecule has 78 valence electrons. The molecule has 0 aliphatic carbocycles. The third-order valence-electron chi connectivity index (χ3n) is 2.81. The predicted molar refractivity (Wildman–Crippen MR) is 49.7 cm³/mol. The van der Waals surface area contributed by atoms with Crippen LogP contribution in [0, 0.1) is 5.92 Å². The van der Waals surface area contributed by atoms with Gasteiger partial charge in [0.15, 0.2) is 0 Å². The van der Waals surface area contributed by atoms with Crippen molar-refractivity contribution in [3.63, 3.8) is 0 Å². The number of carboxylic acid groups (broad SMARTS) is 1. The average molecular weight is 198 g/mol. The van der Waals surface area contributed by atoms with Gasteiger partial charge in [-0.3, -0.25) is 0 Å². The second-order valence-corrected chi connectivity index (χ2v) is 3.72. The maximum atomic E-state index is 11.3. The van der Waals surface area contributed by atoms with Crippen molar-refractivity contribution in [1.29, 1.82) is 0 Å². The number of carboxylic acids is 1. The van der Waals surface area contributed by atoms with Crippen molar-refractivity contribution in [3.05, 3.63) is 11.6 Å². The van der Waals surface area contributed by atoms with Gasteiger partial charge in [0.1, 0.15) is 0 Å². The molecule has 0 spiro atoms. The van der Waals surface area contributed by atoms with E-state index in [2.05, 4.69) is 0 Å². The minimum absolute atomic E-state index is 0.205. The van der Waals surface area contributed by atoms with Crippen LogP contribution in [0.2, 0.25) is 0 Å². The lowest BCUT2D eigenvalue weighted by Gasteiger charge is -2.35. The second-order valence-electron chi connectivity index (χ2n) is 3.72. The molecule has 0 aromatic rings. The molecule has 0 bridgehead atoms. The lowest BCUT2D eigenvalue weighted by atomic mass is 9.82. The van der Waals surface area contributed by atoms with Gasteiger partial charge in [0.05, 0.1) is 0 Å². The number of esters is 1. The highest BCUT2D eigenvalue weighted by Crippen LogP contribution is 2.34. The fraction of sp³-hybridized carbons (Fsp3) is 0.600. The molecule has 1 fully saturated rings. The Morgan fingerprint density at radius 2 is 2.29 bits per heavy atom. The van der Waals surface area contributed by atoms with E-state index in [1.807, 2.05) is 0 Å². The van der Waals surface area contributed by atoms with Gasteiger partial charge in [0, 0.05) is 11.5 Å². The molecular weight excluding hydrogens is 184 g/mol. The number of aliphatic carboxylic acids is 1. The van der Waals surface area contributed by atoms with E-state index in [0.717, 1.165) is 0 Å². The fourth-order valence-corrected chi connectivity index (χ4v) is 1.46. The van der Waals surface area contributed by atoms with Crippen LogP contribution in [0.25, 0.3) is 0 Å². The summed E-state index contributed by atoms with van der Waals surface area (Å²) in [6.45, 7) is 4.95. The second kappa shape index (κ2) is 3.44. The molecule has 0 saturated carbocycles. The predicted octanol–water partition coefficient (Wildman–Crippen LogP) is 1.36. The summed E-state index contributed by atoms with van der Waals surface area (Å²) in [7, 11) is 0. The Bertz CT molecular complexity index is 305. The summed E-state index contributed by atoms with van der Waals surface area (Å²) in [6, 6.07) is 0. The lowest BCUT2D eigenvalue weighted by Crippen LogP contribution is -2.49. The number of allylic oxidation sites excluding steroid dienone is 1. The van der Waals surface area contributed by atoms with Gasteiger partial charge in [-0.2, -0.15) is 0 Å². The van der Waals surface area contributed by atoms with Crippen LogP contribution >= 0.6 is 0 Å². The highest BCUT2D eigenvalue weighted by atomic mass is 16.6. The van der Waals surface area contributed by atoms with Crippen molar-refractivity contribution < 1.29 is 19.4 Å². The van der Waals surface area contributed by atoms with Crippen LogP contribution in [0.15, 0.2) is 11.6 Å². The minimum atomic E-state index is -1.39. The number of carbonyl (C=O) groups excluding carboxylic acids is 1. The van der Waals surface area contributed by atoms with Gasteiger partial charge in [-0.25, -0.2) is 9.59 Å². The van der Waals surface area contributed by atoms with Crippen molar-refractivity contribution in [2.45, 2.75) is 32.8 Å². The van der Waals surface area contributed by atoms with Crippen LogP contribution in [0.5, 0.6) is 0 Å². The lowest BCUT2D eigenvalue weighted by molar-refractivity contribution is -0.184. The van der Waals surface area contributed by atoms with Crippen LogP contribution in [0.1, 0.15) is 27.2 Å². The van der Waals surface area contributed by atoms with E-state index in [-0.39, 0.29) is 5.92 Å². The van der Waals surface area contributed by atoms with Crippen LogP contribution in [-0.4, -0.2) is 22.6 Å². The van der Waals surface area contributed by atoms with Crippen LogP contribution in [0.3, 0.4) is 0 Å². The molecule has 4 heteroatoms. The van der Waals surface area contributed by atoms with E-state index in [1.54, 1.807) is 19.9 Å². The molecule has 14 heavy (non-hydrogen) atoms. The van der Waals surface area contributed by atoms with Crippen molar-refractivity contribution in [2.24, 2.45) is 5.92 Å². The summed E-state index contributed by atoms with van der Waals surface area (Å²) < 4.78 is 4.94. The molecule has 1 saturated heterocycles. The first-order valence-corrected chi connectivity index (χ1v) is 4.53. The molecule has 1 aliphatic heterocycles. The summed E-state index contributed by atoms with van der Waals surface area (Å²) in [6.07, 6.45) is 2.12. The van der Waals surface area contributed by atoms with Crippen molar-refractivity contribution >= 4 is 11.9 Å². The minimum Gasteiger partial charge on any atom is -0.478 e. The summed E-state index contributed by atoms with van der Waals surface area (Å²) >= 11 is 0. The van der Waals surface area contributed by atoms with E-state index in [4.69, 9.17) is 9.84 Å². The molecule has 1 heterocycles. The molecule has 0 amide bonds. The third kappa shape index (κ3) is 1.52. The van der Waals surface area contributed by atoms with Crippen molar-refractivity contribution in [3.8, 4) is 0 Å². The number of hydrogen-bond donors (Lipinski definition) is 1. The van der Waals surface area contributed by atoms with Gasteiger partial charge < -0.3 is 9.84 Å². The number of rotatable bonds is 1. The standard InChI is InChI=1S/C10H14O4/c1-4-7-5-6(2)10(3,9(12)13)14-8(7)11/h4,6H,5H2,1-3H3,(H,12,13)/t6-,10-/m1/s1. The van der Waals surface area contributed by atoms with E-state index < -0.39 is 17.5 Å². The summed E-state index contributed by atoms with van der Waals surface area (Å²) in [5.41, 5.74) is -0.833. The van der Waals surface area contributed by atoms with Crippen molar-refractivity contribution in [1.82, 2.24) is 0 Å². The highest BCUT2D eigenvalue weighted by Gasteiger charge is 2.47. The molecule has 0 radical (unpaired) electrons. The maximum absolute atomic E-state index is 11.3. The zero-order valence-electron chi connectivity index (χ0n) is 8.53. The molecule has 0 aromatic carbocycles. The summed E-state index contributed by atoms with van der Waals surface area (Å²) in [4.78, 5) is 22.3. The monoisotopic (exact) mass is 198 g/mol. The molecule has 2 atom stereocenters. The molecule has 1 N–H and O–H groups in total. The number of carbonyl (C=O) groups is 2. The number of cyclic esters (lactones) is 1. The van der Waals surface area contributed by atoms with E-state index in [9.17, 15) is 9.59 Å². The SMILES string of the molecule is CC=C1C[C@@H](C)[C@](C)(C(=O)O)OC1=O. The van der Waals surface area contributed by atoms with E-state index in [0.29, 0.717) is 12.0 Å². The van der Waals surface area contributed by atoms with Gasteiger partial charge in [-0.15, -0.1) is 0 Å². The molecule has 1 rings (SSSR count). The molecule has 1 aliphatic rings. The third-order valence-corrected chi connectivity index (χ3v) is 2.81. The van der Waals surface area contributed by atoms with Gasteiger partial charge in [0.2, 0.25) is 5.60 Å². The van der Waals surface area contributed by atoms with Gasteiger partial charge in [-0.1, -0.05) is 13.0 Å². The number of hydrogen-bond acceptors (Lipinski definition) is 3. The zero-order valence-corrected chi connectivity index (χ0v) is 8.53. The van der Waals surface area contributed by atoms with Gasteiger partial charge in [0.25, 0.3) is 0 Å². The normalized spacial score (nSPS) is 35.5. The Labute approximate surface area is 82.6 Å². The van der Waals surface area contributed by atoms with Gasteiger partial charge >= 0.3 is 11.9 Å². The van der Waals surface area contributed by atoms with E-state index in [1.165, 1.54) is 6.92 Å². The first-order valence-electron chi connectivity index (χ1n) is 4.53. The van der Waals surface area contributed by atoms with Crippen LogP contribution < -0.4 is 0 Å². The molecule has 0 aromatic heterocycles. The van der Waals surface area contributed by atoms with Crippen LogP contribution in [-0.2, 0) is 14.3 Å². The fourth-order valence-electron chi connectivity index (χ4n) is 1.46. The maximum Gasteiger partial charge on any atom is 0.348 e. The quantitative estimate of drug-likeness (QED) is 0.510. The molecular formula is C10H14O4. The molecule has 4 nitrogen and oxygen atoms in total. The Kier molecular flexibility index (Phi) is 2.64. The Hall–Kier alpha value is -1.32. The van der Waals surface area contributed by atoms with Gasteiger partial charge in [-0.05, 0) is 20.3 Å². The zero-order chi connectivity index (χ0) is 10.9. The highest BCUT2D eigenvalue weighted by molar-refractivity contribution is 5.93. The van der Waals surface area contributed by atoms with Crippen molar-refractivity contribution in [2.75, 3.05) is 0 Å². The topological polar surface area (TPSA) is 63.6 Å². The Morgan fingerprint density at radius 1 is 1.71 bits per heavy atom. The summed E-state index contributed by atoms with van der Waals surface area (Å²) in [5.74, 6) is -1.81. The van der Waals surface area contributed by atoms with Crippen LogP contribution in [0.4, 0.5) is 0 Å².